The van der Waals surface area contributed by atoms with E-state index in [4.69, 9.17) is 9.84 Å². The molecule has 0 saturated carbocycles. The zero-order valence-electron chi connectivity index (χ0n) is 15.6. The Balaban J connectivity index is 1.36. The van der Waals surface area contributed by atoms with Gasteiger partial charge in [-0.15, -0.1) is 0 Å². The molecule has 3 heterocycles. The quantitative estimate of drug-likeness (QED) is 0.840. The predicted octanol–water partition coefficient (Wildman–Crippen LogP) is 3.38. The highest BCUT2D eigenvalue weighted by atomic mass is 16.5. The zero-order valence-corrected chi connectivity index (χ0v) is 15.6. The highest BCUT2D eigenvalue weighted by molar-refractivity contribution is 5.83. The van der Waals surface area contributed by atoms with Crippen molar-refractivity contribution in [2.45, 2.75) is 51.8 Å². The second kappa shape index (κ2) is 7.46. The van der Waals surface area contributed by atoms with E-state index in [0.717, 1.165) is 45.5 Å². The lowest BCUT2D eigenvalue weighted by Crippen LogP contribution is -2.43. The summed E-state index contributed by atoms with van der Waals surface area (Å²) in [5.41, 5.74) is 2.70. The molecule has 0 radical (unpaired) electrons. The van der Waals surface area contributed by atoms with E-state index in [2.05, 4.69) is 54.1 Å². The van der Waals surface area contributed by atoms with E-state index in [1.54, 1.807) is 0 Å². The fourth-order valence-electron chi connectivity index (χ4n) is 4.79. The maximum Gasteiger partial charge on any atom is 0.0638 e. The molecule has 1 aromatic rings. The molecule has 25 heavy (non-hydrogen) atoms. The van der Waals surface area contributed by atoms with Crippen LogP contribution in [0.15, 0.2) is 35.4 Å². The second-order valence-electron chi connectivity index (χ2n) is 8.16. The third kappa shape index (κ3) is 3.90. The maximum atomic E-state index is 6.25. The molecule has 3 aliphatic rings. The Hall–Kier alpha value is -1.39. The summed E-state index contributed by atoms with van der Waals surface area (Å²) in [6.07, 6.45) is 3.80. The smallest absolute Gasteiger partial charge is 0.0638 e. The van der Waals surface area contributed by atoms with Gasteiger partial charge in [-0.1, -0.05) is 37.3 Å². The Labute approximate surface area is 151 Å². The summed E-state index contributed by atoms with van der Waals surface area (Å²) in [6, 6.07) is 11.4. The molecule has 0 bridgehead atoms. The lowest BCUT2D eigenvalue weighted by Gasteiger charge is -2.37. The minimum atomic E-state index is 0.394. The van der Waals surface area contributed by atoms with Gasteiger partial charge in [0.05, 0.1) is 12.1 Å². The van der Waals surface area contributed by atoms with Crippen molar-refractivity contribution in [3.05, 3.63) is 35.9 Å². The molecule has 2 saturated heterocycles. The Morgan fingerprint density at radius 2 is 2.04 bits per heavy atom. The summed E-state index contributed by atoms with van der Waals surface area (Å²) in [6.45, 7) is 9.96. The summed E-state index contributed by atoms with van der Waals surface area (Å²) < 4.78 is 6.25. The molecule has 4 nitrogen and oxygen atoms in total. The van der Waals surface area contributed by atoms with Gasteiger partial charge in [-0.25, -0.2) is 0 Å². The van der Waals surface area contributed by atoms with Crippen molar-refractivity contribution in [3.8, 4) is 0 Å². The number of ether oxygens (including phenoxy) is 1. The van der Waals surface area contributed by atoms with Gasteiger partial charge in [0.2, 0.25) is 0 Å². The van der Waals surface area contributed by atoms with Gasteiger partial charge < -0.3 is 4.74 Å². The first kappa shape index (κ1) is 17.0. The molecule has 3 aliphatic heterocycles. The van der Waals surface area contributed by atoms with Gasteiger partial charge in [0.15, 0.2) is 0 Å². The Bertz CT molecular complexity index is 602. The number of nitrogens with zero attached hydrogens (tertiary/aromatic N) is 3. The lowest BCUT2D eigenvalue weighted by atomic mass is 9.86. The standard InChI is InChI=1S/C21H31N3O/c1-16-13-23(14-18-6-4-3-5-7-18)15-20(16)21-12-19(9-11-25-21)24-10-8-17(2)22-24/h3-7,16,19-21H,8-15H2,1-2H3/t16-,19?,20-,21?/m1/s1. The van der Waals surface area contributed by atoms with Gasteiger partial charge in [-0.3, -0.25) is 9.91 Å². The van der Waals surface area contributed by atoms with Gasteiger partial charge in [-0.2, -0.15) is 5.10 Å². The number of hydrogen-bond donors (Lipinski definition) is 0. The molecular weight excluding hydrogens is 310 g/mol. The maximum absolute atomic E-state index is 6.25. The Kier molecular flexibility index (Phi) is 5.09. The Morgan fingerprint density at radius 3 is 2.80 bits per heavy atom. The number of rotatable bonds is 4. The first-order chi connectivity index (χ1) is 12.2. The van der Waals surface area contributed by atoms with Crippen LogP contribution in [0.2, 0.25) is 0 Å². The van der Waals surface area contributed by atoms with Crippen LogP contribution in [0.4, 0.5) is 0 Å². The van der Waals surface area contributed by atoms with Crippen molar-refractivity contribution in [2.24, 2.45) is 16.9 Å². The lowest BCUT2D eigenvalue weighted by molar-refractivity contribution is -0.0580. The van der Waals surface area contributed by atoms with Gasteiger partial charge in [-0.05, 0) is 31.2 Å². The van der Waals surface area contributed by atoms with Crippen LogP contribution in [0.5, 0.6) is 0 Å². The number of benzene rings is 1. The third-order valence-corrected chi connectivity index (χ3v) is 6.18. The van der Waals surface area contributed by atoms with Gasteiger partial charge in [0.25, 0.3) is 0 Å². The van der Waals surface area contributed by atoms with Crippen LogP contribution in [0, 0.1) is 11.8 Å². The minimum absolute atomic E-state index is 0.394. The molecule has 4 atom stereocenters. The predicted molar refractivity (Wildman–Crippen MR) is 102 cm³/mol. The highest BCUT2D eigenvalue weighted by Gasteiger charge is 2.39. The average Bonchev–Trinajstić information content (AvgIpc) is 3.22. The van der Waals surface area contributed by atoms with Crippen molar-refractivity contribution in [3.63, 3.8) is 0 Å². The van der Waals surface area contributed by atoms with Crippen LogP contribution in [0.3, 0.4) is 0 Å². The SMILES string of the molecule is CC1=NN(C2CCOC([C@@H]3CN(Cc4ccccc4)C[C@H]3C)C2)CC1. The first-order valence-electron chi connectivity index (χ1n) is 9.87. The van der Waals surface area contributed by atoms with Crippen molar-refractivity contribution in [2.75, 3.05) is 26.2 Å². The molecule has 0 aromatic heterocycles. The van der Waals surface area contributed by atoms with Gasteiger partial charge >= 0.3 is 0 Å². The van der Waals surface area contributed by atoms with Crippen LogP contribution < -0.4 is 0 Å². The van der Waals surface area contributed by atoms with E-state index >= 15 is 0 Å². The summed E-state index contributed by atoms with van der Waals surface area (Å²) in [5, 5.41) is 7.09. The van der Waals surface area contributed by atoms with E-state index in [1.165, 1.54) is 17.8 Å². The van der Waals surface area contributed by atoms with Gasteiger partial charge in [0, 0.05) is 50.8 Å². The monoisotopic (exact) mass is 341 g/mol. The van der Waals surface area contributed by atoms with E-state index in [9.17, 15) is 0 Å². The molecule has 0 aliphatic carbocycles. The highest BCUT2D eigenvalue weighted by Crippen LogP contribution is 2.34. The normalized spacial score (nSPS) is 33.7. The van der Waals surface area contributed by atoms with Crippen LogP contribution in [0.1, 0.15) is 38.7 Å². The molecule has 4 heteroatoms. The molecule has 2 unspecified atom stereocenters. The number of hydrogen-bond acceptors (Lipinski definition) is 4. The van der Waals surface area contributed by atoms with Crippen molar-refractivity contribution in [1.82, 2.24) is 9.91 Å². The van der Waals surface area contributed by atoms with Crippen LogP contribution in [-0.2, 0) is 11.3 Å². The van der Waals surface area contributed by atoms with Crippen LogP contribution in [-0.4, -0.2) is 54.0 Å². The summed E-state index contributed by atoms with van der Waals surface area (Å²) in [5.74, 6) is 1.36. The van der Waals surface area contributed by atoms with Crippen LogP contribution in [0.25, 0.3) is 0 Å². The summed E-state index contributed by atoms with van der Waals surface area (Å²) in [4.78, 5) is 2.61. The zero-order chi connectivity index (χ0) is 17.2. The first-order valence-corrected chi connectivity index (χ1v) is 9.87. The summed E-state index contributed by atoms with van der Waals surface area (Å²) >= 11 is 0. The Morgan fingerprint density at radius 1 is 1.20 bits per heavy atom. The molecule has 0 spiro atoms. The minimum Gasteiger partial charge on any atom is -0.378 e. The largest absolute Gasteiger partial charge is 0.378 e. The summed E-state index contributed by atoms with van der Waals surface area (Å²) in [7, 11) is 0. The third-order valence-electron chi connectivity index (χ3n) is 6.18. The molecule has 4 rings (SSSR count). The number of likely N-dealkylation sites (tertiary alicyclic amines) is 1. The van der Waals surface area contributed by atoms with Crippen molar-refractivity contribution in [1.29, 1.82) is 0 Å². The molecular formula is C21H31N3O. The van der Waals surface area contributed by atoms with Crippen molar-refractivity contribution >= 4 is 5.71 Å². The fraction of sp³-hybridized carbons (Fsp3) is 0.667. The molecule has 136 valence electrons. The average molecular weight is 341 g/mol. The molecule has 0 N–H and O–H groups in total. The van der Waals surface area contributed by atoms with E-state index in [1.807, 2.05) is 0 Å². The molecule has 0 amide bonds. The van der Waals surface area contributed by atoms with Crippen molar-refractivity contribution < 1.29 is 4.74 Å². The topological polar surface area (TPSA) is 28.1 Å². The van der Waals surface area contributed by atoms with Gasteiger partial charge in [0.1, 0.15) is 0 Å². The molecule has 2 fully saturated rings. The van der Waals surface area contributed by atoms with Crippen LogP contribution >= 0.6 is 0 Å². The fourth-order valence-corrected chi connectivity index (χ4v) is 4.79. The second-order valence-corrected chi connectivity index (χ2v) is 8.16. The van der Waals surface area contributed by atoms with E-state index < -0.39 is 0 Å². The van der Waals surface area contributed by atoms with E-state index in [-0.39, 0.29) is 0 Å². The molecule has 1 aromatic carbocycles. The van der Waals surface area contributed by atoms with E-state index in [0.29, 0.717) is 24.0 Å². The number of hydrazone groups is 1.